The molecule has 0 bridgehead atoms. The van der Waals surface area contributed by atoms with E-state index in [9.17, 15) is 9.59 Å². The van der Waals surface area contributed by atoms with Crippen molar-refractivity contribution in [3.05, 3.63) is 58.9 Å². The Kier molecular flexibility index (Phi) is 5.35. The first-order valence-corrected chi connectivity index (χ1v) is 9.14. The Morgan fingerprint density at radius 2 is 1.69 bits per heavy atom. The van der Waals surface area contributed by atoms with Gasteiger partial charge in [-0.1, -0.05) is 38.1 Å². The summed E-state index contributed by atoms with van der Waals surface area (Å²) in [5.74, 6) is -0.102. The van der Waals surface area contributed by atoms with Crippen LogP contribution in [-0.2, 0) is 0 Å². The molecule has 1 aromatic carbocycles. The third-order valence-corrected chi connectivity index (χ3v) is 4.76. The number of hydrogen-bond donors (Lipinski definition) is 1. The first-order valence-electron chi connectivity index (χ1n) is 9.14. The van der Waals surface area contributed by atoms with Crippen molar-refractivity contribution in [2.75, 3.05) is 18.4 Å². The van der Waals surface area contributed by atoms with E-state index in [2.05, 4.69) is 24.1 Å². The second kappa shape index (κ2) is 7.68. The van der Waals surface area contributed by atoms with Crippen LogP contribution in [0, 0.1) is 6.92 Å². The third kappa shape index (κ3) is 3.77. The lowest BCUT2D eigenvalue weighted by molar-refractivity contribution is 0.0787. The van der Waals surface area contributed by atoms with Gasteiger partial charge in [0.2, 0.25) is 0 Å². The number of carbonyl (C=O) groups excluding carboxylic acids is 2. The minimum Gasteiger partial charge on any atom is -0.337 e. The lowest BCUT2D eigenvalue weighted by Gasteiger charge is -2.17. The van der Waals surface area contributed by atoms with Crippen LogP contribution in [0.25, 0.3) is 0 Å². The number of para-hydroxylation sites is 1. The second-order valence-electron chi connectivity index (χ2n) is 7.06. The summed E-state index contributed by atoms with van der Waals surface area (Å²) in [5.41, 5.74) is 3.50. The molecule has 0 radical (unpaired) electrons. The molecule has 1 aliphatic rings. The van der Waals surface area contributed by atoms with E-state index in [1.54, 1.807) is 23.1 Å². The summed E-state index contributed by atoms with van der Waals surface area (Å²) in [6, 6.07) is 11.0. The van der Waals surface area contributed by atoms with Crippen molar-refractivity contribution in [2.45, 2.75) is 39.5 Å². The highest BCUT2D eigenvalue weighted by Crippen LogP contribution is 2.27. The highest BCUT2D eigenvalue weighted by atomic mass is 16.2. The van der Waals surface area contributed by atoms with Crippen molar-refractivity contribution in [3.8, 4) is 0 Å². The smallest absolute Gasteiger partial charge is 0.274 e. The van der Waals surface area contributed by atoms with Gasteiger partial charge in [-0.2, -0.15) is 0 Å². The highest BCUT2D eigenvalue weighted by Gasteiger charge is 2.22. The highest BCUT2D eigenvalue weighted by molar-refractivity contribution is 6.04. The van der Waals surface area contributed by atoms with Crippen LogP contribution >= 0.6 is 0 Å². The summed E-state index contributed by atoms with van der Waals surface area (Å²) >= 11 is 0. The molecule has 0 unspecified atom stereocenters. The number of anilines is 1. The zero-order chi connectivity index (χ0) is 18.7. The first kappa shape index (κ1) is 18.1. The van der Waals surface area contributed by atoms with E-state index in [4.69, 9.17) is 0 Å². The van der Waals surface area contributed by atoms with Crippen LogP contribution in [0.2, 0.25) is 0 Å². The Labute approximate surface area is 154 Å². The Bertz CT molecular complexity index is 824. The monoisotopic (exact) mass is 351 g/mol. The van der Waals surface area contributed by atoms with Crippen molar-refractivity contribution in [1.82, 2.24) is 9.88 Å². The SMILES string of the molecule is Cc1cccc(C(C)C)c1NC(=O)c1cccc(C(=O)N2CCCC2)n1. The van der Waals surface area contributed by atoms with Gasteiger partial charge < -0.3 is 10.2 Å². The largest absolute Gasteiger partial charge is 0.337 e. The predicted molar refractivity (Wildman–Crippen MR) is 103 cm³/mol. The maximum absolute atomic E-state index is 12.7. The number of nitrogens with one attached hydrogen (secondary N) is 1. The summed E-state index contributed by atoms with van der Waals surface area (Å²) in [6.45, 7) is 7.69. The Morgan fingerprint density at radius 1 is 1.04 bits per heavy atom. The van der Waals surface area contributed by atoms with Gasteiger partial charge in [0.05, 0.1) is 0 Å². The van der Waals surface area contributed by atoms with Gasteiger partial charge in [-0.25, -0.2) is 4.98 Å². The van der Waals surface area contributed by atoms with E-state index in [-0.39, 0.29) is 17.5 Å². The minimum atomic E-state index is -0.294. The molecule has 2 heterocycles. The van der Waals surface area contributed by atoms with E-state index >= 15 is 0 Å². The number of pyridine rings is 1. The minimum absolute atomic E-state index is 0.101. The van der Waals surface area contributed by atoms with E-state index in [1.165, 1.54) is 0 Å². The molecule has 1 fully saturated rings. The normalized spacial score (nSPS) is 13.9. The molecule has 1 saturated heterocycles. The predicted octanol–water partition coefficient (Wildman–Crippen LogP) is 4.00. The van der Waals surface area contributed by atoms with Gasteiger partial charge in [-0.05, 0) is 48.9 Å². The van der Waals surface area contributed by atoms with Crippen LogP contribution < -0.4 is 5.32 Å². The molecule has 2 aromatic rings. The summed E-state index contributed by atoms with van der Waals surface area (Å²) in [4.78, 5) is 31.4. The molecule has 0 aliphatic carbocycles. The quantitative estimate of drug-likeness (QED) is 0.905. The van der Waals surface area contributed by atoms with Crippen molar-refractivity contribution < 1.29 is 9.59 Å². The van der Waals surface area contributed by atoms with Crippen LogP contribution in [0.4, 0.5) is 5.69 Å². The molecule has 0 spiro atoms. The van der Waals surface area contributed by atoms with E-state index < -0.39 is 0 Å². The number of likely N-dealkylation sites (tertiary alicyclic amines) is 1. The third-order valence-electron chi connectivity index (χ3n) is 4.76. The zero-order valence-electron chi connectivity index (χ0n) is 15.6. The molecule has 2 amide bonds. The molecule has 26 heavy (non-hydrogen) atoms. The summed E-state index contributed by atoms with van der Waals surface area (Å²) in [5, 5.41) is 2.99. The topological polar surface area (TPSA) is 62.3 Å². The molecular weight excluding hydrogens is 326 g/mol. The van der Waals surface area contributed by atoms with Gasteiger partial charge in [-0.15, -0.1) is 0 Å². The number of rotatable bonds is 4. The zero-order valence-corrected chi connectivity index (χ0v) is 15.6. The molecule has 1 aliphatic heterocycles. The second-order valence-corrected chi connectivity index (χ2v) is 7.06. The molecule has 1 N–H and O–H groups in total. The maximum Gasteiger partial charge on any atom is 0.274 e. The fraction of sp³-hybridized carbons (Fsp3) is 0.381. The Hall–Kier alpha value is -2.69. The van der Waals surface area contributed by atoms with Crippen molar-refractivity contribution >= 4 is 17.5 Å². The lowest BCUT2D eigenvalue weighted by Crippen LogP contribution is -2.29. The standard InChI is InChI=1S/C21H25N3O2/c1-14(2)16-9-6-8-15(3)19(16)23-20(25)17-10-7-11-18(22-17)21(26)24-12-4-5-13-24/h6-11,14H,4-5,12-13H2,1-3H3,(H,23,25). The fourth-order valence-electron chi connectivity index (χ4n) is 3.28. The van der Waals surface area contributed by atoms with Crippen LogP contribution in [0.15, 0.2) is 36.4 Å². The van der Waals surface area contributed by atoms with Gasteiger partial charge in [-0.3, -0.25) is 9.59 Å². The molecular formula is C21H25N3O2. The van der Waals surface area contributed by atoms with Gasteiger partial charge in [0.25, 0.3) is 11.8 Å². The van der Waals surface area contributed by atoms with Crippen molar-refractivity contribution in [1.29, 1.82) is 0 Å². The molecule has 0 atom stereocenters. The lowest BCUT2D eigenvalue weighted by atomic mass is 9.98. The molecule has 136 valence electrons. The Morgan fingerprint density at radius 3 is 2.38 bits per heavy atom. The van der Waals surface area contributed by atoms with Crippen LogP contribution in [-0.4, -0.2) is 34.8 Å². The number of hydrogen-bond acceptors (Lipinski definition) is 3. The summed E-state index contributed by atoms with van der Waals surface area (Å²) in [6.07, 6.45) is 2.05. The van der Waals surface area contributed by atoms with E-state index in [0.717, 1.165) is 42.7 Å². The summed E-state index contributed by atoms with van der Waals surface area (Å²) < 4.78 is 0. The molecule has 5 heteroatoms. The van der Waals surface area contributed by atoms with Crippen molar-refractivity contribution in [2.24, 2.45) is 0 Å². The number of aryl methyl sites for hydroxylation is 1. The maximum atomic E-state index is 12.7. The molecule has 5 nitrogen and oxygen atoms in total. The van der Waals surface area contributed by atoms with Gasteiger partial charge in [0, 0.05) is 18.8 Å². The van der Waals surface area contributed by atoms with E-state index in [0.29, 0.717) is 11.6 Å². The van der Waals surface area contributed by atoms with Gasteiger partial charge in [0.1, 0.15) is 11.4 Å². The average Bonchev–Trinajstić information content (AvgIpc) is 3.17. The Balaban J connectivity index is 1.83. The average molecular weight is 351 g/mol. The molecule has 3 rings (SSSR count). The van der Waals surface area contributed by atoms with Crippen LogP contribution in [0.5, 0.6) is 0 Å². The van der Waals surface area contributed by atoms with Crippen molar-refractivity contribution in [3.63, 3.8) is 0 Å². The number of benzene rings is 1. The van der Waals surface area contributed by atoms with E-state index in [1.807, 2.05) is 25.1 Å². The number of nitrogens with zero attached hydrogens (tertiary/aromatic N) is 2. The van der Waals surface area contributed by atoms with Gasteiger partial charge >= 0.3 is 0 Å². The van der Waals surface area contributed by atoms with Gasteiger partial charge in [0.15, 0.2) is 0 Å². The first-order chi connectivity index (χ1) is 12.5. The summed E-state index contributed by atoms with van der Waals surface area (Å²) in [7, 11) is 0. The molecule has 0 saturated carbocycles. The number of aromatic nitrogens is 1. The van der Waals surface area contributed by atoms with Crippen LogP contribution in [0.3, 0.4) is 0 Å². The number of amides is 2. The fourth-order valence-corrected chi connectivity index (χ4v) is 3.28. The number of carbonyl (C=O) groups is 2. The van der Waals surface area contributed by atoms with Crippen LogP contribution in [0.1, 0.15) is 64.7 Å². The molecule has 1 aromatic heterocycles.